The average Bonchev–Trinajstić information content (AvgIpc) is 3.04. The molecule has 3 fully saturated rings. The fourth-order valence-corrected chi connectivity index (χ4v) is 7.41. The van der Waals surface area contributed by atoms with Crippen LogP contribution in [0.1, 0.15) is 98.3 Å². The van der Waals surface area contributed by atoms with Crippen molar-refractivity contribution in [3.63, 3.8) is 0 Å². The van der Waals surface area contributed by atoms with Crippen LogP contribution in [-0.2, 0) is 14.6 Å². The zero-order valence-corrected chi connectivity index (χ0v) is 21.4. The van der Waals surface area contributed by atoms with E-state index < -0.39 is 16.5 Å². The SMILES string of the molecule is C=C1CC[C@H](OS(=O)(=O)O)C/C1=C/C=C1\CCC[C@@]2(C)C1CC[C@@H]2[C@H](C)CCCC(C)C. The van der Waals surface area contributed by atoms with E-state index in [4.69, 9.17) is 8.74 Å². The Morgan fingerprint density at radius 2 is 1.91 bits per heavy atom. The van der Waals surface area contributed by atoms with Crippen LogP contribution in [0.15, 0.2) is 35.5 Å². The third-order valence-corrected chi connectivity index (χ3v) is 9.11. The first kappa shape index (κ1) is 25.7. The van der Waals surface area contributed by atoms with E-state index in [2.05, 4.69) is 46.4 Å². The lowest BCUT2D eigenvalue weighted by Crippen LogP contribution is -2.36. The topological polar surface area (TPSA) is 63.6 Å². The second-order valence-corrected chi connectivity index (χ2v) is 12.4. The molecule has 3 aliphatic rings. The highest BCUT2D eigenvalue weighted by atomic mass is 32.3. The van der Waals surface area contributed by atoms with E-state index in [-0.39, 0.29) is 0 Å². The molecule has 0 aromatic heterocycles. The third-order valence-electron chi connectivity index (χ3n) is 8.59. The van der Waals surface area contributed by atoms with Gasteiger partial charge in [0, 0.05) is 6.42 Å². The van der Waals surface area contributed by atoms with Gasteiger partial charge >= 0.3 is 10.4 Å². The molecule has 1 unspecified atom stereocenters. The number of allylic oxidation sites excluding steroid dienone is 4. The fraction of sp³-hybridized carbons (Fsp3) is 0.778. The van der Waals surface area contributed by atoms with Gasteiger partial charge in [-0.25, -0.2) is 4.18 Å². The van der Waals surface area contributed by atoms with Crippen molar-refractivity contribution in [2.45, 2.75) is 104 Å². The molecule has 0 aliphatic heterocycles. The molecule has 32 heavy (non-hydrogen) atoms. The summed E-state index contributed by atoms with van der Waals surface area (Å²) in [5, 5.41) is 0. The van der Waals surface area contributed by atoms with Gasteiger partial charge in [-0.15, -0.1) is 0 Å². The highest BCUT2D eigenvalue weighted by Gasteiger charge is 2.50. The van der Waals surface area contributed by atoms with E-state index in [9.17, 15) is 8.42 Å². The standard InChI is InChI=1S/C27H44O4S/c1-19(2)8-6-9-21(4)25-15-16-26-22(10-7-17-27(25,26)5)12-13-23-18-24(14-11-20(23)3)31-32(28,29)30/h12-13,19,21,24-26H,3,6-11,14-18H2,1-2,4-5H3,(H,28,29,30)/b22-12+,23-13-/t21-,24+,25-,26?,27-/m1/s1. The Morgan fingerprint density at radius 1 is 1.16 bits per heavy atom. The molecule has 5 heteroatoms. The number of hydrogen-bond donors (Lipinski definition) is 1. The Bertz CT molecular complexity index is 838. The minimum Gasteiger partial charge on any atom is -0.264 e. The fourth-order valence-electron chi connectivity index (χ4n) is 6.90. The van der Waals surface area contributed by atoms with Crippen LogP contribution in [0.3, 0.4) is 0 Å². The van der Waals surface area contributed by atoms with Crippen LogP contribution in [0, 0.1) is 29.1 Å². The van der Waals surface area contributed by atoms with Gasteiger partial charge in [-0.1, -0.05) is 76.8 Å². The summed E-state index contributed by atoms with van der Waals surface area (Å²) in [6.07, 6.45) is 16.1. The molecule has 1 N–H and O–H groups in total. The van der Waals surface area contributed by atoms with Crippen LogP contribution in [0.2, 0.25) is 0 Å². The van der Waals surface area contributed by atoms with Gasteiger partial charge in [-0.2, -0.15) is 8.42 Å². The van der Waals surface area contributed by atoms with Crippen molar-refractivity contribution in [3.8, 4) is 0 Å². The van der Waals surface area contributed by atoms with Gasteiger partial charge < -0.3 is 0 Å². The largest absolute Gasteiger partial charge is 0.397 e. The van der Waals surface area contributed by atoms with Gasteiger partial charge in [-0.05, 0) is 79.6 Å². The Morgan fingerprint density at radius 3 is 2.59 bits per heavy atom. The lowest BCUT2D eigenvalue weighted by molar-refractivity contribution is 0.0929. The Hall–Kier alpha value is -0.910. The zero-order chi connectivity index (χ0) is 23.5. The normalized spacial score (nSPS) is 34.9. The minimum absolute atomic E-state index is 0.403. The molecule has 3 rings (SSSR count). The second-order valence-electron chi connectivity index (χ2n) is 11.3. The highest BCUT2D eigenvalue weighted by molar-refractivity contribution is 7.80. The number of rotatable bonds is 8. The van der Waals surface area contributed by atoms with Crippen molar-refractivity contribution in [3.05, 3.63) is 35.5 Å². The van der Waals surface area contributed by atoms with Crippen LogP contribution in [0.5, 0.6) is 0 Å². The van der Waals surface area contributed by atoms with E-state index in [0.717, 1.165) is 35.3 Å². The second kappa shape index (κ2) is 10.6. The maximum absolute atomic E-state index is 11.1. The number of hydrogen-bond acceptors (Lipinski definition) is 3. The molecule has 182 valence electrons. The van der Waals surface area contributed by atoms with E-state index in [0.29, 0.717) is 30.6 Å². The predicted octanol–water partition coefficient (Wildman–Crippen LogP) is 7.45. The Labute approximate surface area is 196 Å². The zero-order valence-electron chi connectivity index (χ0n) is 20.6. The molecule has 0 aromatic rings. The van der Waals surface area contributed by atoms with Gasteiger partial charge in [0.1, 0.15) is 0 Å². The Kier molecular flexibility index (Phi) is 8.49. The average molecular weight is 465 g/mol. The van der Waals surface area contributed by atoms with Crippen molar-refractivity contribution < 1.29 is 17.2 Å². The molecule has 3 aliphatic carbocycles. The molecule has 0 saturated heterocycles. The predicted molar refractivity (Wildman–Crippen MR) is 132 cm³/mol. The lowest BCUT2D eigenvalue weighted by Gasteiger charge is -2.44. The minimum atomic E-state index is -4.42. The van der Waals surface area contributed by atoms with Crippen LogP contribution in [-0.4, -0.2) is 19.1 Å². The Balaban J connectivity index is 1.70. The monoisotopic (exact) mass is 464 g/mol. The maximum atomic E-state index is 11.1. The maximum Gasteiger partial charge on any atom is 0.397 e. The van der Waals surface area contributed by atoms with Crippen molar-refractivity contribution in [1.82, 2.24) is 0 Å². The van der Waals surface area contributed by atoms with Crippen molar-refractivity contribution in [2.75, 3.05) is 0 Å². The first-order chi connectivity index (χ1) is 15.0. The summed E-state index contributed by atoms with van der Waals surface area (Å²) < 4.78 is 36.1. The van der Waals surface area contributed by atoms with Crippen molar-refractivity contribution >= 4 is 10.4 Å². The van der Waals surface area contributed by atoms with Crippen LogP contribution < -0.4 is 0 Å². The third kappa shape index (κ3) is 6.36. The summed E-state index contributed by atoms with van der Waals surface area (Å²) in [6, 6.07) is 0. The van der Waals surface area contributed by atoms with E-state index >= 15 is 0 Å². The molecule has 0 amide bonds. The van der Waals surface area contributed by atoms with Crippen molar-refractivity contribution in [2.24, 2.45) is 29.1 Å². The van der Waals surface area contributed by atoms with Crippen LogP contribution in [0.25, 0.3) is 0 Å². The van der Waals surface area contributed by atoms with Crippen LogP contribution >= 0.6 is 0 Å². The lowest BCUT2D eigenvalue weighted by atomic mass is 9.60. The first-order valence-corrected chi connectivity index (χ1v) is 14.1. The van der Waals surface area contributed by atoms with Crippen molar-refractivity contribution in [1.29, 1.82) is 0 Å². The molecular formula is C27H44O4S. The summed E-state index contributed by atoms with van der Waals surface area (Å²) in [6.45, 7) is 13.9. The molecule has 4 nitrogen and oxygen atoms in total. The van der Waals surface area contributed by atoms with E-state index in [1.165, 1.54) is 44.9 Å². The number of fused-ring (bicyclic) bond motifs is 1. The molecule has 0 spiro atoms. The smallest absolute Gasteiger partial charge is 0.264 e. The molecule has 0 bridgehead atoms. The van der Waals surface area contributed by atoms with Gasteiger partial charge in [-0.3, -0.25) is 4.55 Å². The molecule has 0 radical (unpaired) electrons. The van der Waals surface area contributed by atoms with Gasteiger partial charge in [0.05, 0.1) is 6.10 Å². The summed E-state index contributed by atoms with van der Waals surface area (Å²) >= 11 is 0. The molecule has 3 saturated carbocycles. The van der Waals surface area contributed by atoms with Gasteiger partial charge in [0.2, 0.25) is 0 Å². The molecule has 5 atom stereocenters. The molecule has 0 heterocycles. The molecular weight excluding hydrogens is 420 g/mol. The highest BCUT2D eigenvalue weighted by Crippen LogP contribution is 2.60. The summed E-state index contributed by atoms with van der Waals surface area (Å²) in [5.41, 5.74) is 4.08. The molecule has 0 aromatic carbocycles. The van der Waals surface area contributed by atoms with E-state index in [1.807, 2.05) is 0 Å². The quantitative estimate of drug-likeness (QED) is 0.379. The van der Waals surface area contributed by atoms with E-state index in [1.54, 1.807) is 5.57 Å². The van der Waals surface area contributed by atoms with Gasteiger partial charge in [0.15, 0.2) is 0 Å². The van der Waals surface area contributed by atoms with Gasteiger partial charge in [0.25, 0.3) is 0 Å². The summed E-state index contributed by atoms with van der Waals surface area (Å²) in [7, 11) is -4.42. The van der Waals surface area contributed by atoms with Crippen LogP contribution in [0.4, 0.5) is 0 Å². The summed E-state index contributed by atoms with van der Waals surface area (Å²) in [4.78, 5) is 0. The first-order valence-electron chi connectivity index (χ1n) is 12.7. The summed E-state index contributed by atoms with van der Waals surface area (Å²) in [5.74, 6) is 3.06.